The minimum atomic E-state index is -0.470. The lowest BCUT2D eigenvalue weighted by molar-refractivity contribution is 0.198. The largest absolute Gasteiger partial charge is 0.389 e. The van der Waals surface area contributed by atoms with Crippen LogP contribution >= 0.6 is 11.8 Å². The molecule has 0 spiro atoms. The van der Waals surface area contributed by atoms with Crippen LogP contribution in [0, 0.1) is 0 Å². The molecule has 0 saturated heterocycles. The molecule has 1 heterocycles. The molecule has 0 fully saturated rings. The minimum Gasteiger partial charge on any atom is -0.389 e. The monoisotopic (exact) mass is 281 g/mol. The van der Waals surface area contributed by atoms with E-state index in [1.165, 1.54) is 15.7 Å². The SMILES string of the molecule is C[C@H](O)c1ccc(Sc2ccc3ccccc3c2)nc1. The van der Waals surface area contributed by atoms with Gasteiger partial charge in [0, 0.05) is 11.1 Å². The van der Waals surface area contributed by atoms with E-state index in [0.29, 0.717) is 0 Å². The second-order valence-corrected chi connectivity index (χ2v) is 5.81. The number of benzene rings is 2. The van der Waals surface area contributed by atoms with E-state index in [-0.39, 0.29) is 0 Å². The Kier molecular flexibility index (Phi) is 3.72. The van der Waals surface area contributed by atoms with Gasteiger partial charge in [0.15, 0.2) is 0 Å². The number of hydrogen-bond donors (Lipinski definition) is 1. The van der Waals surface area contributed by atoms with Crippen molar-refractivity contribution in [2.75, 3.05) is 0 Å². The maximum atomic E-state index is 9.48. The zero-order valence-electron chi connectivity index (χ0n) is 11.2. The maximum Gasteiger partial charge on any atom is 0.101 e. The first-order chi connectivity index (χ1) is 9.72. The van der Waals surface area contributed by atoms with Crippen molar-refractivity contribution in [1.29, 1.82) is 0 Å². The fourth-order valence-corrected chi connectivity index (χ4v) is 2.86. The van der Waals surface area contributed by atoms with Gasteiger partial charge in [-0.2, -0.15) is 0 Å². The number of aliphatic hydroxyl groups excluding tert-OH is 1. The summed E-state index contributed by atoms with van der Waals surface area (Å²) in [6.07, 6.45) is 1.26. The lowest BCUT2D eigenvalue weighted by atomic mass is 10.1. The second-order valence-electron chi connectivity index (χ2n) is 4.72. The van der Waals surface area contributed by atoms with Crippen molar-refractivity contribution in [3.8, 4) is 0 Å². The van der Waals surface area contributed by atoms with Crippen molar-refractivity contribution in [3.63, 3.8) is 0 Å². The smallest absolute Gasteiger partial charge is 0.101 e. The fourth-order valence-electron chi connectivity index (χ4n) is 2.05. The Morgan fingerprint density at radius 3 is 2.50 bits per heavy atom. The number of fused-ring (bicyclic) bond motifs is 1. The first kappa shape index (κ1) is 13.2. The number of aromatic nitrogens is 1. The van der Waals surface area contributed by atoms with Crippen LogP contribution in [-0.2, 0) is 0 Å². The van der Waals surface area contributed by atoms with Crippen LogP contribution in [0.15, 0.2) is 70.7 Å². The Balaban J connectivity index is 1.85. The summed E-state index contributed by atoms with van der Waals surface area (Å²) in [6, 6.07) is 18.6. The van der Waals surface area contributed by atoms with E-state index in [2.05, 4.69) is 35.3 Å². The van der Waals surface area contributed by atoms with Gasteiger partial charge in [0.1, 0.15) is 5.03 Å². The van der Waals surface area contributed by atoms with Crippen LogP contribution < -0.4 is 0 Å². The predicted molar refractivity (Wildman–Crippen MR) is 82.9 cm³/mol. The van der Waals surface area contributed by atoms with Crippen molar-refractivity contribution in [1.82, 2.24) is 4.98 Å². The normalized spacial score (nSPS) is 12.5. The molecule has 0 radical (unpaired) electrons. The van der Waals surface area contributed by atoms with Crippen molar-refractivity contribution in [2.24, 2.45) is 0 Å². The van der Waals surface area contributed by atoms with Crippen LogP contribution in [0.3, 0.4) is 0 Å². The molecule has 1 N–H and O–H groups in total. The van der Waals surface area contributed by atoms with Gasteiger partial charge in [0.05, 0.1) is 6.10 Å². The average Bonchev–Trinajstić information content (AvgIpc) is 2.48. The Morgan fingerprint density at radius 1 is 1.00 bits per heavy atom. The van der Waals surface area contributed by atoms with E-state index < -0.39 is 6.10 Å². The van der Waals surface area contributed by atoms with E-state index in [0.717, 1.165) is 10.6 Å². The van der Waals surface area contributed by atoms with E-state index >= 15 is 0 Å². The molecule has 20 heavy (non-hydrogen) atoms. The molecule has 0 unspecified atom stereocenters. The summed E-state index contributed by atoms with van der Waals surface area (Å²) < 4.78 is 0. The molecule has 0 saturated carbocycles. The fraction of sp³-hybridized carbons (Fsp3) is 0.118. The van der Waals surface area contributed by atoms with E-state index in [9.17, 15) is 5.11 Å². The Morgan fingerprint density at radius 2 is 1.80 bits per heavy atom. The Bertz CT molecular complexity index is 722. The number of rotatable bonds is 3. The molecule has 0 aliphatic rings. The zero-order valence-corrected chi connectivity index (χ0v) is 12.0. The summed E-state index contributed by atoms with van der Waals surface area (Å²) in [5.41, 5.74) is 0.841. The summed E-state index contributed by atoms with van der Waals surface area (Å²) in [6.45, 7) is 1.74. The highest BCUT2D eigenvalue weighted by Crippen LogP contribution is 2.29. The van der Waals surface area contributed by atoms with Crippen LogP contribution in [0.1, 0.15) is 18.6 Å². The molecule has 3 rings (SSSR count). The van der Waals surface area contributed by atoms with Crippen LogP contribution in [0.2, 0.25) is 0 Å². The molecular formula is C17H15NOS. The highest BCUT2D eigenvalue weighted by atomic mass is 32.2. The second kappa shape index (κ2) is 5.65. The topological polar surface area (TPSA) is 33.1 Å². The lowest BCUT2D eigenvalue weighted by Crippen LogP contribution is -1.92. The molecular weight excluding hydrogens is 266 g/mol. The van der Waals surface area contributed by atoms with Crippen LogP contribution in [-0.4, -0.2) is 10.1 Å². The predicted octanol–water partition coefficient (Wildman–Crippen LogP) is 4.44. The number of aliphatic hydroxyl groups is 1. The third-order valence-electron chi connectivity index (χ3n) is 3.18. The summed E-state index contributed by atoms with van der Waals surface area (Å²) in [4.78, 5) is 5.55. The molecule has 2 aromatic carbocycles. The summed E-state index contributed by atoms with van der Waals surface area (Å²) in [5, 5.41) is 12.9. The lowest BCUT2D eigenvalue weighted by Gasteiger charge is -2.06. The summed E-state index contributed by atoms with van der Waals surface area (Å²) in [5.74, 6) is 0. The standard InChI is InChI=1S/C17H15NOS/c1-12(19)15-7-9-17(18-11-15)20-16-8-6-13-4-2-3-5-14(13)10-16/h2-12,19H,1H3/t12-/m0/s1. The number of pyridine rings is 1. The van der Waals surface area contributed by atoms with Gasteiger partial charge in [-0.1, -0.05) is 48.2 Å². The van der Waals surface area contributed by atoms with Gasteiger partial charge in [-0.3, -0.25) is 0 Å². The maximum absolute atomic E-state index is 9.48. The highest BCUT2D eigenvalue weighted by Gasteiger charge is 2.03. The van der Waals surface area contributed by atoms with Gasteiger partial charge < -0.3 is 5.11 Å². The van der Waals surface area contributed by atoms with Crippen molar-refractivity contribution < 1.29 is 5.11 Å². The van der Waals surface area contributed by atoms with Crippen LogP contribution in [0.5, 0.6) is 0 Å². The molecule has 0 amide bonds. The molecule has 1 aromatic heterocycles. The third kappa shape index (κ3) is 2.84. The van der Waals surface area contributed by atoms with Crippen molar-refractivity contribution in [2.45, 2.75) is 22.9 Å². The Hall–Kier alpha value is -1.84. The van der Waals surface area contributed by atoms with Gasteiger partial charge in [-0.15, -0.1) is 0 Å². The minimum absolute atomic E-state index is 0.470. The van der Waals surface area contributed by atoms with Crippen LogP contribution in [0.25, 0.3) is 10.8 Å². The number of nitrogens with zero attached hydrogens (tertiary/aromatic N) is 1. The summed E-state index contributed by atoms with van der Waals surface area (Å²) >= 11 is 1.63. The highest BCUT2D eigenvalue weighted by molar-refractivity contribution is 7.99. The molecule has 1 atom stereocenters. The van der Waals surface area contributed by atoms with E-state index in [4.69, 9.17) is 0 Å². The summed E-state index contributed by atoms with van der Waals surface area (Å²) in [7, 11) is 0. The van der Waals surface area contributed by atoms with Gasteiger partial charge in [0.25, 0.3) is 0 Å². The van der Waals surface area contributed by atoms with Gasteiger partial charge in [-0.05, 0) is 41.5 Å². The van der Waals surface area contributed by atoms with Gasteiger partial charge in [0.2, 0.25) is 0 Å². The zero-order chi connectivity index (χ0) is 13.9. The quantitative estimate of drug-likeness (QED) is 0.770. The molecule has 0 bridgehead atoms. The Labute approximate surface area is 122 Å². The molecule has 0 aliphatic carbocycles. The first-order valence-electron chi connectivity index (χ1n) is 6.53. The molecule has 0 aliphatic heterocycles. The van der Waals surface area contributed by atoms with Gasteiger partial charge in [-0.25, -0.2) is 4.98 Å². The van der Waals surface area contributed by atoms with Crippen molar-refractivity contribution >= 4 is 22.5 Å². The van der Waals surface area contributed by atoms with Gasteiger partial charge >= 0.3 is 0 Å². The number of hydrogen-bond acceptors (Lipinski definition) is 3. The van der Waals surface area contributed by atoms with Crippen LogP contribution in [0.4, 0.5) is 0 Å². The average molecular weight is 281 g/mol. The molecule has 3 aromatic rings. The van der Waals surface area contributed by atoms with E-state index in [1.54, 1.807) is 24.9 Å². The molecule has 100 valence electrons. The first-order valence-corrected chi connectivity index (χ1v) is 7.35. The van der Waals surface area contributed by atoms with Crippen molar-refractivity contribution in [3.05, 3.63) is 66.4 Å². The third-order valence-corrected chi connectivity index (χ3v) is 4.13. The molecule has 2 nitrogen and oxygen atoms in total. The van der Waals surface area contributed by atoms with E-state index in [1.807, 2.05) is 24.3 Å². The molecule has 3 heteroatoms.